The van der Waals surface area contributed by atoms with E-state index in [4.69, 9.17) is 28.3 Å². The lowest BCUT2D eigenvalue weighted by atomic mass is 9.98. The van der Waals surface area contributed by atoms with Crippen LogP contribution < -0.4 is 43.5 Å². The number of hydrazine groups is 1. The Morgan fingerprint density at radius 2 is 1.97 bits per heavy atom. The Labute approximate surface area is 204 Å². The van der Waals surface area contributed by atoms with Gasteiger partial charge in [-0.15, -0.1) is 5.10 Å². The van der Waals surface area contributed by atoms with Crippen molar-refractivity contribution in [2.45, 2.75) is 17.7 Å². The van der Waals surface area contributed by atoms with Gasteiger partial charge in [-0.1, -0.05) is 6.07 Å². The number of hydrogen-bond donors (Lipinski definition) is 7. The van der Waals surface area contributed by atoms with E-state index >= 15 is 0 Å². The zero-order valence-electron chi connectivity index (χ0n) is 18.0. The maximum atomic E-state index is 12.1. The highest BCUT2D eigenvalue weighted by Gasteiger charge is 2.26. The predicted molar refractivity (Wildman–Crippen MR) is 137 cm³/mol. The van der Waals surface area contributed by atoms with Gasteiger partial charge in [0.1, 0.15) is 22.9 Å². The second-order valence-corrected chi connectivity index (χ2v) is 9.02. The first-order chi connectivity index (χ1) is 15.2. The number of nitrogen functional groups attached to an aromatic ring is 1. The molecular formula is C17H30N10O3S3. The van der Waals surface area contributed by atoms with Crippen LogP contribution in [-0.4, -0.2) is 39.4 Å². The summed E-state index contributed by atoms with van der Waals surface area (Å²) in [5, 5.41) is 12.3. The summed E-state index contributed by atoms with van der Waals surface area (Å²) in [6.07, 6.45) is 4.28. The van der Waals surface area contributed by atoms with E-state index < -0.39 is 10.0 Å². The van der Waals surface area contributed by atoms with E-state index in [0.717, 1.165) is 0 Å². The molecule has 1 aliphatic rings. The molecule has 16 heteroatoms. The molecule has 0 spiro atoms. The summed E-state index contributed by atoms with van der Waals surface area (Å²) in [5.41, 5.74) is 15.3. The highest BCUT2D eigenvalue weighted by atomic mass is 32.2. The molecule has 0 atom stereocenters. The molecule has 2 heterocycles. The number of pyridine rings is 1. The number of nitrogens with one attached hydrogen (secondary N) is 2. The minimum Gasteiger partial charge on any atom is -0.384 e. The maximum absolute atomic E-state index is 12.1. The summed E-state index contributed by atoms with van der Waals surface area (Å²) in [5.74, 6) is 10.5. The van der Waals surface area contributed by atoms with Crippen molar-refractivity contribution in [3.63, 3.8) is 0 Å². The van der Waals surface area contributed by atoms with Crippen molar-refractivity contribution in [2.24, 2.45) is 27.7 Å². The number of anilines is 2. The number of amidine groups is 1. The molecule has 0 aliphatic carbocycles. The van der Waals surface area contributed by atoms with Crippen LogP contribution in [0, 0.1) is 0 Å². The first-order valence-electron chi connectivity index (χ1n) is 9.39. The van der Waals surface area contributed by atoms with Crippen LogP contribution in [-0.2, 0) is 14.3 Å². The van der Waals surface area contributed by atoms with E-state index in [9.17, 15) is 8.42 Å². The largest absolute Gasteiger partial charge is 0.384 e. The summed E-state index contributed by atoms with van der Waals surface area (Å²) in [7, 11) is -2.61. The van der Waals surface area contributed by atoms with Crippen molar-refractivity contribution in [3.8, 4) is 11.1 Å². The van der Waals surface area contributed by atoms with Crippen LogP contribution >= 0.6 is 25.7 Å². The number of hydrogen-bond acceptors (Lipinski definition) is 12. The monoisotopic (exact) mass is 518 g/mol. The van der Waals surface area contributed by atoms with E-state index in [2.05, 4.69) is 25.2 Å². The minimum atomic E-state index is -4.13. The number of rotatable bonds is 7. The number of sulfonamides is 1. The third-order valence-corrected chi connectivity index (χ3v) is 5.84. The van der Waals surface area contributed by atoms with Crippen LogP contribution in [0.5, 0.6) is 0 Å². The number of benzene rings is 1. The van der Waals surface area contributed by atoms with Gasteiger partial charge in [0, 0.05) is 13.2 Å². The molecule has 1 aliphatic heterocycles. The predicted octanol–water partition coefficient (Wildman–Crippen LogP) is -0.566. The molecule has 0 unspecified atom stereocenters. The van der Waals surface area contributed by atoms with E-state index in [1.54, 1.807) is 12.1 Å². The SMILES string of the molecule is C1CCNC1.CN(SON)c1c(S(N)(=O)=O)ccc(-c2ccnc(N)c2)c1/C(N)=N/NN.S. The molecule has 3 rings (SSSR count). The van der Waals surface area contributed by atoms with E-state index in [1.165, 1.54) is 55.6 Å². The number of hydrazone groups is 1. The Hall–Kier alpha value is -2.31. The Kier molecular flexibility index (Phi) is 11.7. The van der Waals surface area contributed by atoms with Gasteiger partial charge in [0.05, 0.1) is 11.3 Å². The van der Waals surface area contributed by atoms with Crippen molar-refractivity contribution in [2.75, 3.05) is 30.2 Å². The molecule has 1 saturated heterocycles. The van der Waals surface area contributed by atoms with Gasteiger partial charge in [0.2, 0.25) is 10.0 Å². The van der Waals surface area contributed by atoms with Gasteiger partial charge in [0.15, 0.2) is 5.84 Å². The van der Waals surface area contributed by atoms with Crippen LogP contribution in [0.1, 0.15) is 18.4 Å². The minimum absolute atomic E-state index is 0. The van der Waals surface area contributed by atoms with E-state index in [1.807, 2.05) is 0 Å². The maximum Gasteiger partial charge on any atom is 0.240 e. The Morgan fingerprint density at radius 1 is 1.30 bits per heavy atom. The summed E-state index contributed by atoms with van der Waals surface area (Å²) in [6, 6.07) is 6.12. The molecular weight excluding hydrogens is 488 g/mol. The van der Waals surface area contributed by atoms with Crippen LogP contribution in [0.3, 0.4) is 0 Å². The van der Waals surface area contributed by atoms with E-state index in [-0.39, 0.29) is 41.3 Å². The highest BCUT2D eigenvalue weighted by molar-refractivity contribution is 7.96. The quantitative estimate of drug-likeness (QED) is 0.0611. The van der Waals surface area contributed by atoms with Crippen molar-refractivity contribution in [1.82, 2.24) is 15.8 Å². The Bertz CT molecular complexity index is 1040. The molecule has 33 heavy (non-hydrogen) atoms. The van der Waals surface area contributed by atoms with E-state index in [0.29, 0.717) is 23.4 Å². The number of aromatic nitrogens is 1. The number of nitrogens with zero attached hydrogens (tertiary/aromatic N) is 3. The van der Waals surface area contributed by atoms with Crippen molar-refractivity contribution in [3.05, 3.63) is 36.0 Å². The Morgan fingerprint density at radius 3 is 2.45 bits per heavy atom. The molecule has 0 saturated carbocycles. The lowest BCUT2D eigenvalue weighted by Crippen LogP contribution is -2.27. The second kappa shape index (κ2) is 13.4. The van der Waals surface area contributed by atoms with Gasteiger partial charge in [-0.2, -0.15) is 13.5 Å². The highest BCUT2D eigenvalue weighted by Crippen LogP contribution is 2.38. The van der Waals surface area contributed by atoms with Gasteiger partial charge in [-0.25, -0.2) is 40.1 Å². The fraction of sp³-hybridized carbons (Fsp3) is 0.294. The second-order valence-electron chi connectivity index (χ2n) is 6.60. The van der Waals surface area contributed by atoms with Crippen LogP contribution in [0.2, 0.25) is 0 Å². The van der Waals surface area contributed by atoms with Crippen LogP contribution in [0.15, 0.2) is 40.5 Å². The summed E-state index contributed by atoms with van der Waals surface area (Å²) in [4.78, 5) is 3.72. The third-order valence-electron chi connectivity index (χ3n) is 4.41. The Balaban J connectivity index is 0.000000799. The zero-order valence-corrected chi connectivity index (χ0v) is 20.6. The van der Waals surface area contributed by atoms with Gasteiger partial charge >= 0.3 is 0 Å². The van der Waals surface area contributed by atoms with Gasteiger partial charge in [-0.05, 0) is 55.3 Å². The first-order valence-corrected chi connectivity index (χ1v) is 11.6. The van der Waals surface area contributed by atoms with Crippen molar-refractivity contribution < 1.29 is 12.7 Å². The number of nitrogens with two attached hydrogens (primary N) is 5. The van der Waals surface area contributed by atoms with Crippen LogP contribution in [0.25, 0.3) is 11.1 Å². The molecule has 12 N–H and O–H groups in total. The van der Waals surface area contributed by atoms with Gasteiger partial charge in [0.25, 0.3) is 0 Å². The molecule has 0 bridgehead atoms. The lowest BCUT2D eigenvalue weighted by molar-refractivity contribution is 0.397. The topological polar surface area (TPSA) is 226 Å². The molecule has 13 nitrogen and oxygen atoms in total. The van der Waals surface area contributed by atoms with Gasteiger partial charge < -0.3 is 16.8 Å². The molecule has 184 valence electrons. The summed E-state index contributed by atoms with van der Waals surface area (Å²) in [6.45, 7) is 2.50. The molecule has 1 aromatic heterocycles. The van der Waals surface area contributed by atoms with Crippen molar-refractivity contribution >= 4 is 53.1 Å². The fourth-order valence-corrected chi connectivity index (χ4v) is 4.30. The number of primary sulfonamides is 1. The van der Waals surface area contributed by atoms with Gasteiger partial charge in [-0.3, -0.25) is 4.31 Å². The zero-order chi connectivity index (χ0) is 23.7. The van der Waals surface area contributed by atoms with Crippen molar-refractivity contribution in [1.29, 1.82) is 0 Å². The molecule has 0 amide bonds. The first kappa shape index (κ1) is 28.7. The summed E-state index contributed by atoms with van der Waals surface area (Å²) >= 11 is 0.663. The smallest absolute Gasteiger partial charge is 0.240 e. The molecule has 0 radical (unpaired) electrons. The normalized spacial score (nSPS) is 13.5. The lowest BCUT2D eigenvalue weighted by Gasteiger charge is -2.24. The summed E-state index contributed by atoms with van der Waals surface area (Å²) < 4.78 is 30.1. The third kappa shape index (κ3) is 7.90. The average molecular weight is 519 g/mol. The molecule has 2 aromatic rings. The molecule has 1 aromatic carbocycles. The fourth-order valence-electron chi connectivity index (χ4n) is 3.08. The standard InChI is InChI=1S/C13H19N9O3S2.C4H9N.H2S/c1-22(26-25-17)12-9(27(18,23)24)3-2-8(11(12)13(15)20-21-16)7-4-5-19-10(14)6-7;1-2-4-5-3-1;/h2-6,21H,16-17H2,1H3,(H2,14,19)(H2,15,20)(H2,18,23,24);5H,1-4H2;1H2. The molecule has 1 fully saturated rings. The average Bonchev–Trinajstić information content (AvgIpc) is 3.32. The van der Waals surface area contributed by atoms with Crippen LogP contribution in [0.4, 0.5) is 11.5 Å².